The van der Waals surface area contributed by atoms with Gasteiger partial charge in [-0.05, 0) is 62.3 Å². The number of aliphatic hydroxyl groups is 1. The van der Waals surface area contributed by atoms with Crippen molar-refractivity contribution in [2.45, 2.75) is 51.2 Å². The number of carbonyl (C=O) groups is 1. The van der Waals surface area contributed by atoms with Gasteiger partial charge in [0.1, 0.15) is 11.4 Å². The van der Waals surface area contributed by atoms with Crippen LogP contribution >= 0.6 is 0 Å². The van der Waals surface area contributed by atoms with Crippen LogP contribution in [0.5, 0.6) is 5.75 Å². The molecule has 114 valence electrons. The zero-order valence-corrected chi connectivity index (χ0v) is 12.6. The number of carbonyl (C=O) groups excluding carboxylic acids is 1. The topological polar surface area (TPSA) is 49.8 Å². The Hall–Kier alpha value is -1.55. The van der Waals surface area contributed by atoms with Gasteiger partial charge in [-0.25, -0.2) is 0 Å². The lowest BCUT2D eigenvalue weighted by atomic mass is 9.95. The van der Waals surface area contributed by atoms with Gasteiger partial charge < -0.3 is 14.7 Å². The number of fused-ring (bicyclic) bond motifs is 1. The fraction of sp³-hybridized carbons (Fsp3) is 0.588. The van der Waals surface area contributed by atoms with Gasteiger partial charge in [-0.3, -0.25) is 4.79 Å². The van der Waals surface area contributed by atoms with Gasteiger partial charge in [0.25, 0.3) is 5.91 Å². The number of ether oxygens (including phenoxy) is 1. The second-order valence-corrected chi connectivity index (χ2v) is 6.08. The molecule has 1 fully saturated rings. The fourth-order valence-electron chi connectivity index (χ4n) is 3.43. The first-order chi connectivity index (χ1) is 10.1. The van der Waals surface area contributed by atoms with E-state index in [0.717, 1.165) is 30.6 Å². The molecular weight excluding hydrogens is 266 g/mol. The molecule has 1 aromatic carbocycles. The molecule has 1 aliphatic heterocycles. The molecule has 21 heavy (non-hydrogen) atoms. The van der Waals surface area contributed by atoms with E-state index in [0.29, 0.717) is 32.5 Å². The fourth-order valence-corrected chi connectivity index (χ4v) is 3.43. The molecule has 0 atom stereocenters. The molecule has 0 radical (unpaired) electrons. The minimum absolute atomic E-state index is 0.0903. The SMILES string of the molecule is CCOc1ccc2c(c1)CN(C(=O)C1(O)CCCC1)CC2. The van der Waals surface area contributed by atoms with Crippen molar-refractivity contribution in [1.82, 2.24) is 4.90 Å². The largest absolute Gasteiger partial charge is 0.494 e. The summed E-state index contributed by atoms with van der Waals surface area (Å²) in [6, 6.07) is 6.10. The molecule has 4 heteroatoms. The first-order valence-electron chi connectivity index (χ1n) is 7.89. The maximum Gasteiger partial charge on any atom is 0.254 e. The highest BCUT2D eigenvalue weighted by Gasteiger charge is 2.42. The third-order valence-electron chi connectivity index (χ3n) is 4.62. The standard InChI is InChI=1S/C17H23NO3/c1-2-21-15-6-5-13-7-10-18(12-14(13)11-15)16(19)17(20)8-3-4-9-17/h5-6,11,20H,2-4,7-10,12H2,1H3. The molecule has 1 N–H and O–H groups in total. The average Bonchev–Trinajstić information content (AvgIpc) is 2.94. The van der Waals surface area contributed by atoms with Crippen molar-refractivity contribution in [2.24, 2.45) is 0 Å². The van der Waals surface area contributed by atoms with Crippen molar-refractivity contribution >= 4 is 5.91 Å². The van der Waals surface area contributed by atoms with Crippen molar-refractivity contribution in [1.29, 1.82) is 0 Å². The number of hydrogen-bond donors (Lipinski definition) is 1. The van der Waals surface area contributed by atoms with E-state index in [-0.39, 0.29) is 5.91 Å². The Labute approximate surface area is 125 Å². The number of hydrogen-bond acceptors (Lipinski definition) is 3. The zero-order valence-electron chi connectivity index (χ0n) is 12.6. The van der Waals surface area contributed by atoms with Crippen molar-refractivity contribution in [2.75, 3.05) is 13.2 Å². The molecule has 3 rings (SSSR count). The molecule has 0 bridgehead atoms. The Morgan fingerprint density at radius 2 is 2.10 bits per heavy atom. The van der Waals surface area contributed by atoms with E-state index in [1.165, 1.54) is 5.56 Å². The summed E-state index contributed by atoms with van der Waals surface area (Å²) >= 11 is 0. The van der Waals surface area contributed by atoms with Gasteiger partial charge in [-0.1, -0.05) is 6.07 Å². The van der Waals surface area contributed by atoms with Crippen molar-refractivity contribution in [3.63, 3.8) is 0 Å². The lowest BCUT2D eigenvalue weighted by molar-refractivity contribution is -0.151. The van der Waals surface area contributed by atoms with Gasteiger partial charge in [-0.2, -0.15) is 0 Å². The second kappa shape index (κ2) is 5.68. The Morgan fingerprint density at radius 3 is 2.81 bits per heavy atom. The summed E-state index contributed by atoms with van der Waals surface area (Å²) in [7, 11) is 0. The Morgan fingerprint density at radius 1 is 1.33 bits per heavy atom. The van der Waals surface area contributed by atoms with Crippen LogP contribution in [0.1, 0.15) is 43.7 Å². The minimum Gasteiger partial charge on any atom is -0.494 e. The van der Waals surface area contributed by atoms with Crippen LogP contribution in [-0.4, -0.2) is 34.7 Å². The zero-order chi connectivity index (χ0) is 14.9. The summed E-state index contributed by atoms with van der Waals surface area (Å²) in [6.45, 7) is 3.88. The number of benzene rings is 1. The predicted molar refractivity (Wildman–Crippen MR) is 80.1 cm³/mol. The van der Waals surface area contributed by atoms with Crippen LogP contribution in [0.2, 0.25) is 0 Å². The lowest BCUT2D eigenvalue weighted by Gasteiger charge is -2.34. The van der Waals surface area contributed by atoms with Gasteiger partial charge >= 0.3 is 0 Å². The van der Waals surface area contributed by atoms with Gasteiger partial charge in [0.15, 0.2) is 0 Å². The average molecular weight is 289 g/mol. The molecular formula is C17H23NO3. The second-order valence-electron chi connectivity index (χ2n) is 6.08. The quantitative estimate of drug-likeness (QED) is 0.928. The maximum absolute atomic E-state index is 12.6. The van der Waals surface area contributed by atoms with E-state index in [9.17, 15) is 9.90 Å². The van der Waals surface area contributed by atoms with Crippen LogP contribution < -0.4 is 4.74 Å². The molecule has 0 saturated heterocycles. The Balaban J connectivity index is 1.76. The van der Waals surface area contributed by atoms with Crippen molar-refractivity contribution in [3.05, 3.63) is 29.3 Å². The molecule has 0 unspecified atom stereocenters. The molecule has 1 amide bonds. The number of rotatable bonds is 3. The molecule has 1 saturated carbocycles. The molecule has 1 aromatic rings. The molecule has 2 aliphatic rings. The summed E-state index contributed by atoms with van der Waals surface area (Å²) < 4.78 is 5.53. The first kappa shape index (κ1) is 14.4. The monoisotopic (exact) mass is 289 g/mol. The third kappa shape index (κ3) is 2.77. The highest BCUT2D eigenvalue weighted by Crippen LogP contribution is 2.33. The smallest absolute Gasteiger partial charge is 0.254 e. The van der Waals surface area contributed by atoms with E-state index in [4.69, 9.17) is 4.74 Å². The summed E-state index contributed by atoms with van der Waals surface area (Å²) in [4.78, 5) is 14.4. The summed E-state index contributed by atoms with van der Waals surface area (Å²) in [5, 5.41) is 10.5. The third-order valence-corrected chi connectivity index (χ3v) is 4.62. The van der Waals surface area contributed by atoms with Gasteiger partial charge in [0.05, 0.1) is 6.61 Å². The summed E-state index contributed by atoms with van der Waals surface area (Å²) in [6.07, 6.45) is 3.95. The Bertz CT molecular complexity index is 535. The predicted octanol–water partition coefficient (Wildman–Crippen LogP) is 2.28. The highest BCUT2D eigenvalue weighted by atomic mass is 16.5. The van der Waals surface area contributed by atoms with E-state index in [1.54, 1.807) is 0 Å². The van der Waals surface area contributed by atoms with Crippen LogP contribution in [0, 0.1) is 0 Å². The maximum atomic E-state index is 12.6. The molecule has 1 aliphatic carbocycles. The normalized spacial score (nSPS) is 20.2. The van der Waals surface area contributed by atoms with E-state index < -0.39 is 5.60 Å². The van der Waals surface area contributed by atoms with Crippen LogP contribution in [0.3, 0.4) is 0 Å². The molecule has 0 spiro atoms. The highest BCUT2D eigenvalue weighted by molar-refractivity contribution is 5.85. The van der Waals surface area contributed by atoms with Crippen LogP contribution in [0.4, 0.5) is 0 Å². The molecule has 4 nitrogen and oxygen atoms in total. The molecule has 1 heterocycles. The number of amides is 1. The summed E-state index contributed by atoms with van der Waals surface area (Å²) in [5.41, 5.74) is 1.30. The van der Waals surface area contributed by atoms with Crippen LogP contribution in [0.15, 0.2) is 18.2 Å². The Kier molecular flexibility index (Phi) is 3.89. The van der Waals surface area contributed by atoms with E-state index in [1.807, 2.05) is 24.0 Å². The van der Waals surface area contributed by atoms with Crippen LogP contribution in [0.25, 0.3) is 0 Å². The first-order valence-corrected chi connectivity index (χ1v) is 7.89. The number of nitrogens with zero attached hydrogens (tertiary/aromatic N) is 1. The van der Waals surface area contributed by atoms with Gasteiger partial charge in [-0.15, -0.1) is 0 Å². The minimum atomic E-state index is -1.12. The van der Waals surface area contributed by atoms with Gasteiger partial charge in [0.2, 0.25) is 0 Å². The van der Waals surface area contributed by atoms with Gasteiger partial charge in [0, 0.05) is 13.1 Å². The van der Waals surface area contributed by atoms with E-state index >= 15 is 0 Å². The summed E-state index contributed by atoms with van der Waals surface area (Å²) in [5.74, 6) is 0.762. The lowest BCUT2D eigenvalue weighted by Crippen LogP contribution is -2.49. The van der Waals surface area contributed by atoms with Crippen LogP contribution in [-0.2, 0) is 17.8 Å². The van der Waals surface area contributed by atoms with E-state index in [2.05, 4.69) is 6.07 Å². The molecule has 0 aromatic heterocycles. The van der Waals surface area contributed by atoms with Crippen molar-refractivity contribution in [3.8, 4) is 5.75 Å². The van der Waals surface area contributed by atoms with Crippen molar-refractivity contribution < 1.29 is 14.6 Å².